The second-order valence-corrected chi connectivity index (χ2v) is 4.97. The average Bonchev–Trinajstić information content (AvgIpc) is 3.04. The molecule has 0 unspecified atom stereocenters. The lowest BCUT2D eigenvalue weighted by Gasteiger charge is -1.93. The van der Waals surface area contributed by atoms with Crippen LogP contribution >= 0.6 is 11.3 Å². The summed E-state index contributed by atoms with van der Waals surface area (Å²) >= 11 is 1.67. The average molecular weight is 253 g/mol. The first-order valence-electron chi connectivity index (χ1n) is 5.48. The molecule has 0 spiro atoms. The van der Waals surface area contributed by atoms with Crippen LogP contribution in [-0.2, 0) is 0 Å². The number of nitrogens with zero attached hydrogens (tertiary/aromatic N) is 3. The van der Waals surface area contributed by atoms with E-state index in [1.165, 1.54) is 4.70 Å². The number of benzene rings is 2. The Kier molecular flexibility index (Phi) is 1.95. The Morgan fingerprint density at radius 3 is 2.89 bits per heavy atom. The van der Waals surface area contributed by atoms with Crippen LogP contribution in [0.3, 0.4) is 0 Å². The lowest BCUT2D eigenvalue weighted by molar-refractivity contribution is 0.424. The molecule has 0 aliphatic heterocycles. The van der Waals surface area contributed by atoms with Crippen LogP contribution in [0, 0.1) is 0 Å². The van der Waals surface area contributed by atoms with Gasteiger partial charge in [0.15, 0.2) is 5.58 Å². The summed E-state index contributed by atoms with van der Waals surface area (Å²) in [7, 11) is 0. The number of aromatic nitrogens is 3. The molecule has 86 valence electrons. The molecule has 0 fully saturated rings. The molecule has 18 heavy (non-hydrogen) atoms. The summed E-state index contributed by atoms with van der Waals surface area (Å²) < 4.78 is 6.18. The van der Waals surface area contributed by atoms with Gasteiger partial charge in [-0.15, -0.1) is 16.4 Å². The second-order valence-electron chi connectivity index (χ2n) is 3.94. The highest BCUT2D eigenvalue weighted by molar-refractivity contribution is 7.21. The number of thiazole rings is 1. The summed E-state index contributed by atoms with van der Waals surface area (Å²) in [5, 5.41) is 8.44. The molecule has 2 aromatic heterocycles. The molecular formula is C13H7N3OS. The Labute approximate surface area is 106 Å². The molecule has 2 heterocycles. The molecular weight excluding hydrogens is 246 g/mol. The standard InChI is InChI=1S/C13H7N3OS/c1-2-4-12-9(3-1)14-13(18-12)8-5-6-11-10(7-8)15-16-17-11/h1-7H. The van der Waals surface area contributed by atoms with Gasteiger partial charge >= 0.3 is 0 Å². The van der Waals surface area contributed by atoms with Crippen LogP contribution in [-0.4, -0.2) is 15.4 Å². The zero-order valence-corrected chi connectivity index (χ0v) is 10.0. The molecule has 0 saturated heterocycles. The lowest BCUT2D eigenvalue weighted by Crippen LogP contribution is -1.76. The van der Waals surface area contributed by atoms with Crippen molar-refractivity contribution >= 4 is 32.7 Å². The van der Waals surface area contributed by atoms with Gasteiger partial charge in [0.1, 0.15) is 10.5 Å². The van der Waals surface area contributed by atoms with Crippen molar-refractivity contribution in [3.8, 4) is 10.6 Å². The van der Waals surface area contributed by atoms with Crippen molar-refractivity contribution < 1.29 is 4.52 Å². The zero-order valence-electron chi connectivity index (χ0n) is 9.20. The summed E-state index contributed by atoms with van der Waals surface area (Å²) in [6.07, 6.45) is 0. The predicted molar refractivity (Wildman–Crippen MR) is 70.4 cm³/mol. The summed E-state index contributed by atoms with van der Waals surface area (Å²) in [5.74, 6) is 0. The Hall–Kier alpha value is -2.27. The number of fused-ring (bicyclic) bond motifs is 2. The first-order valence-corrected chi connectivity index (χ1v) is 6.30. The summed E-state index contributed by atoms with van der Waals surface area (Å²) in [6.45, 7) is 0. The normalized spacial score (nSPS) is 11.3. The number of hydrogen-bond donors (Lipinski definition) is 0. The highest BCUT2D eigenvalue weighted by Gasteiger charge is 2.08. The summed E-state index contributed by atoms with van der Waals surface area (Å²) in [5.41, 5.74) is 3.52. The van der Waals surface area contributed by atoms with Crippen molar-refractivity contribution in [3.05, 3.63) is 42.5 Å². The third-order valence-corrected chi connectivity index (χ3v) is 3.87. The van der Waals surface area contributed by atoms with E-state index in [4.69, 9.17) is 4.52 Å². The molecule has 0 radical (unpaired) electrons. The zero-order chi connectivity index (χ0) is 11.9. The van der Waals surface area contributed by atoms with E-state index in [9.17, 15) is 0 Å². The lowest BCUT2D eigenvalue weighted by atomic mass is 10.2. The molecule has 0 aliphatic carbocycles. The SMILES string of the molecule is c1ccc2sc(-c3ccc4onnc4c3)nc2c1. The predicted octanol–water partition coefficient (Wildman–Crippen LogP) is 3.50. The maximum Gasteiger partial charge on any atom is 0.187 e. The van der Waals surface area contributed by atoms with E-state index in [2.05, 4.69) is 21.4 Å². The van der Waals surface area contributed by atoms with Gasteiger partial charge in [-0.05, 0) is 30.3 Å². The summed E-state index contributed by atoms with van der Waals surface area (Å²) in [6, 6.07) is 13.9. The van der Waals surface area contributed by atoms with Gasteiger partial charge in [0, 0.05) is 10.8 Å². The van der Waals surface area contributed by atoms with Crippen molar-refractivity contribution in [2.45, 2.75) is 0 Å². The van der Waals surface area contributed by atoms with Crippen LogP contribution in [0.1, 0.15) is 0 Å². The van der Waals surface area contributed by atoms with Crippen LogP contribution in [0.2, 0.25) is 0 Å². The van der Waals surface area contributed by atoms with Crippen molar-refractivity contribution in [3.63, 3.8) is 0 Å². The Bertz CT molecular complexity index is 816. The van der Waals surface area contributed by atoms with Gasteiger partial charge in [-0.25, -0.2) is 4.98 Å². The van der Waals surface area contributed by atoms with Gasteiger partial charge < -0.3 is 4.52 Å². The largest absolute Gasteiger partial charge is 0.337 e. The Morgan fingerprint density at radius 1 is 1.00 bits per heavy atom. The second kappa shape index (κ2) is 3.61. The minimum Gasteiger partial charge on any atom is -0.337 e. The first-order chi connectivity index (χ1) is 8.90. The molecule has 0 saturated carbocycles. The highest BCUT2D eigenvalue weighted by Crippen LogP contribution is 2.31. The Morgan fingerprint density at radius 2 is 1.94 bits per heavy atom. The van der Waals surface area contributed by atoms with Crippen LogP contribution in [0.25, 0.3) is 31.9 Å². The van der Waals surface area contributed by atoms with Crippen molar-refractivity contribution in [2.75, 3.05) is 0 Å². The third-order valence-electron chi connectivity index (χ3n) is 2.79. The van der Waals surface area contributed by atoms with E-state index < -0.39 is 0 Å². The molecule has 0 aliphatic rings. The van der Waals surface area contributed by atoms with E-state index in [0.717, 1.165) is 21.6 Å². The van der Waals surface area contributed by atoms with E-state index in [-0.39, 0.29) is 0 Å². The van der Waals surface area contributed by atoms with Crippen LogP contribution in [0.4, 0.5) is 0 Å². The van der Waals surface area contributed by atoms with Gasteiger partial charge in [-0.1, -0.05) is 12.1 Å². The van der Waals surface area contributed by atoms with E-state index >= 15 is 0 Å². The Balaban J connectivity index is 1.94. The molecule has 2 aromatic carbocycles. The third kappa shape index (κ3) is 1.41. The van der Waals surface area contributed by atoms with Crippen LogP contribution < -0.4 is 0 Å². The molecule has 0 bridgehead atoms. The fraction of sp³-hybridized carbons (Fsp3) is 0. The first kappa shape index (κ1) is 9.73. The van der Waals surface area contributed by atoms with E-state index in [0.29, 0.717) is 5.58 Å². The fourth-order valence-electron chi connectivity index (χ4n) is 1.91. The maximum atomic E-state index is 4.99. The molecule has 5 heteroatoms. The monoisotopic (exact) mass is 253 g/mol. The van der Waals surface area contributed by atoms with Gasteiger partial charge in [0.25, 0.3) is 0 Å². The molecule has 4 aromatic rings. The summed E-state index contributed by atoms with van der Waals surface area (Å²) in [4.78, 5) is 4.61. The molecule has 4 nitrogen and oxygen atoms in total. The van der Waals surface area contributed by atoms with Gasteiger partial charge in [-0.2, -0.15) is 0 Å². The molecule has 0 N–H and O–H groups in total. The number of rotatable bonds is 1. The highest BCUT2D eigenvalue weighted by atomic mass is 32.1. The van der Waals surface area contributed by atoms with Crippen LogP contribution in [0.15, 0.2) is 47.0 Å². The van der Waals surface area contributed by atoms with Crippen molar-refractivity contribution in [1.29, 1.82) is 0 Å². The number of para-hydroxylation sites is 1. The quantitative estimate of drug-likeness (QED) is 0.521. The molecule has 4 rings (SSSR count). The number of hydrogen-bond acceptors (Lipinski definition) is 5. The van der Waals surface area contributed by atoms with E-state index in [1.54, 1.807) is 11.3 Å². The van der Waals surface area contributed by atoms with Gasteiger partial charge in [0.05, 0.1) is 10.2 Å². The smallest absolute Gasteiger partial charge is 0.187 e. The van der Waals surface area contributed by atoms with Crippen LogP contribution in [0.5, 0.6) is 0 Å². The molecule has 0 amide bonds. The maximum absolute atomic E-state index is 4.99. The minimum atomic E-state index is 0.694. The van der Waals surface area contributed by atoms with Crippen molar-refractivity contribution in [1.82, 2.24) is 15.4 Å². The van der Waals surface area contributed by atoms with Gasteiger partial charge in [0.2, 0.25) is 0 Å². The fourth-order valence-corrected chi connectivity index (χ4v) is 2.87. The molecule has 0 atom stereocenters. The topological polar surface area (TPSA) is 51.8 Å². The minimum absolute atomic E-state index is 0.694. The van der Waals surface area contributed by atoms with Gasteiger partial charge in [-0.3, -0.25) is 0 Å². The van der Waals surface area contributed by atoms with Crippen molar-refractivity contribution in [2.24, 2.45) is 0 Å². The van der Waals surface area contributed by atoms with E-state index in [1.807, 2.05) is 36.4 Å².